The third kappa shape index (κ3) is 3.97. The normalized spacial score (nSPS) is 14.2. The molecule has 0 atom stereocenters. The Balaban J connectivity index is 0.999. The predicted molar refractivity (Wildman–Crippen MR) is 226 cm³/mol. The molecule has 4 nitrogen and oxygen atoms in total. The molecular formula is C50H36N4. The second-order valence-corrected chi connectivity index (χ2v) is 15.1. The molecule has 0 unspecified atom stereocenters. The van der Waals surface area contributed by atoms with Crippen molar-refractivity contribution in [3.8, 4) is 22.3 Å². The number of anilines is 10. The summed E-state index contributed by atoms with van der Waals surface area (Å²) in [5.74, 6) is 0. The van der Waals surface area contributed by atoms with Crippen molar-refractivity contribution in [2.24, 2.45) is 0 Å². The lowest BCUT2D eigenvalue weighted by Gasteiger charge is -2.38. The highest BCUT2D eigenvalue weighted by atomic mass is 15.2. The van der Waals surface area contributed by atoms with Gasteiger partial charge in [-0.3, -0.25) is 0 Å². The van der Waals surface area contributed by atoms with Gasteiger partial charge < -0.3 is 19.6 Å². The summed E-state index contributed by atoms with van der Waals surface area (Å²) in [5.41, 5.74) is 22.8. The molecule has 4 heterocycles. The quantitative estimate of drug-likeness (QED) is 0.179. The Labute approximate surface area is 315 Å². The van der Waals surface area contributed by atoms with Crippen LogP contribution in [0.3, 0.4) is 0 Å². The number of rotatable bonds is 2. The Morgan fingerprint density at radius 2 is 0.648 bits per heavy atom. The molecule has 8 aromatic carbocycles. The van der Waals surface area contributed by atoms with Crippen LogP contribution in [0.5, 0.6) is 0 Å². The van der Waals surface area contributed by atoms with E-state index in [2.05, 4.69) is 191 Å². The van der Waals surface area contributed by atoms with Gasteiger partial charge in [0.25, 0.3) is 0 Å². The maximum atomic E-state index is 2.44. The van der Waals surface area contributed by atoms with Crippen molar-refractivity contribution in [2.75, 3.05) is 33.7 Å². The van der Waals surface area contributed by atoms with Gasteiger partial charge in [0, 0.05) is 94.3 Å². The van der Waals surface area contributed by atoms with Gasteiger partial charge in [-0.15, -0.1) is 0 Å². The first-order valence-electron chi connectivity index (χ1n) is 18.9. The largest absolute Gasteiger partial charge is 0.344 e. The summed E-state index contributed by atoms with van der Waals surface area (Å²) in [6.07, 6.45) is 1.90. The molecule has 54 heavy (non-hydrogen) atoms. The highest BCUT2D eigenvalue weighted by molar-refractivity contribution is 6.23. The smallest absolute Gasteiger partial charge is 0.0509 e. The standard InChI is InChI=1S/C50H36N4/c1-51-45-25-26-46-50-40(38-22-20-36(30-48(38)52(46)2)54-43-17-9-5-13-33(43)28-34-14-6-10-18-44(34)54)24-23-39(49(45)50)37-21-19-35(29-47(37)51)53-41-15-7-3-11-31(41)27-32-12-4-8-16-42(32)53/h3-26,29-30H,27-28H2,1-2H3. The van der Waals surface area contributed by atoms with Crippen LogP contribution in [0.25, 0.3) is 33.0 Å². The van der Waals surface area contributed by atoms with Gasteiger partial charge >= 0.3 is 0 Å². The third-order valence-electron chi connectivity index (χ3n) is 12.3. The van der Waals surface area contributed by atoms with E-state index in [0.29, 0.717) is 0 Å². The minimum Gasteiger partial charge on any atom is -0.344 e. The van der Waals surface area contributed by atoms with E-state index in [1.54, 1.807) is 0 Å². The Hall–Kier alpha value is -6.78. The zero-order valence-corrected chi connectivity index (χ0v) is 30.2. The second kappa shape index (κ2) is 10.9. The molecule has 0 N–H and O–H groups in total. The topological polar surface area (TPSA) is 13.0 Å². The first kappa shape index (κ1) is 29.8. The van der Waals surface area contributed by atoms with Crippen LogP contribution in [0, 0.1) is 0 Å². The van der Waals surface area contributed by atoms with E-state index in [4.69, 9.17) is 0 Å². The summed E-state index contributed by atoms with van der Waals surface area (Å²) in [5, 5.41) is 2.64. The number of nitrogens with zero attached hydrogens (tertiary/aromatic N) is 4. The average Bonchev–Trinajstić information content (AvgIpc) is 3.22. The molecule has 4 aliphatic heterocycles. The summed E-state index contributed by atoms with van der Waals surface area (Å²) in [6, 6.07) is 58.8. The van der Waals surface area contributed by atoms with Gasteiger partial charge in [0.05, 0.1) is 11.4 Å². The first-order chi connectivity index (χ1) is 26.6. The molecule has 0 aromatic heterocycles. The molecule has 0 aliphatic carbocycles. The predicted octanol–water partition coefficient (Wildman–Crippen LogP) is 13.1. The highest BCUT2D eigenvalue weighted by Crippen LogP contribution is 2.57. The fourth-order valence-electron chi connectivity index (χ4n) is 9.80. The van der Waals surface area contributed by atoms with E-state index < -0.39 is 0 Å². The third-order valence-corrected chi connectivity index (χ3v) is 12.3. The second-order valence-electron chi connectivity index (χ2n) is 15.1. The van der Waals surface area contributed by atoms with E-state index in [0.717, 1.165) is 12.8 Å². The van der Waals surface area contributed by atoms with Crippen LogP contribution in [0.4, 0.5) is 56.9 Å². The summed E-state index contributed by atoms with van der Waals surface area (Å²) in [6.45, 7) is 0. The molecule has 256 valence electrons. The summed E-state index contributed by atoms with van der Waals surface area (Å²) in [4.78, 5) is 9.69. The van der Waals surface area contributed by atoms with Crippen LogP contribution in [0.15, 0.2) is 158 Å². The number of fused-ring (bicyclic) bond motifs is 8. The Bertz CT molecular complexity index is 2620. The van der Waals surface area contributed by atoms with Crippen LogP contribution in [0.1, 0.15) is 22.3 Å². The van der Waals surface area contributed by atoms with Crippen molar-refractivity contribution in [2.45, 2.75) is 12.8 Å². The van der Waals surface area contributed by atoms with Gasteiger partial charge in [-0.1, -0.05) is 97.1 Å². The number of para-hydroxylation sites is 4. The van der Waals surface area contributed by atoms with Crippen LogP contribution in [0.2, 0.25) is 0 Å². The monoisotopic (exact) mass is 692 g/mol. The lowest BCUT2D eigenvalue weighted by molar-refractivity contribution is 1.08. The fraction of sp³-hybridized carbons (Fsp3) is 0.0800. The lowest BCUT2D eigenvalue weighted by atomic mass is 9.84. The zero-order chi connectivity index (χ0) is 35.7. The summed E-state index contributed by atoms with van der Waals surface area (Å²) >= 11 is 0. The van der Waals surface area contributed by atoms with Crippen molar-refractivity contribution in [1.82, 2.24) is 0 Å². The summed E-state index contributed by atoms with van der Waals surface area (Å²) in [7, 11) is 4.46. The SMILES string of the molecule is CN1c2cc(N3c4ccccc4Cc4ccccc43)ccc2-c2ccc3c4c(ccc1c24)N(C)c1cc(N2c4ccccc4Cc4ccccc42)ccc1-3. The number of hydrogen-bond acceptors (Lipinski definition) is 4. The maximum Gasteiger partial charge on any atom is 0.0509 e. The molecule has 4 heteroatoms. The van der Waals surface area contributed by atoms with Crippen molar-refractivity contribution in [3.63, 3.8) is 0 Å². The molecule has 0 spiro atoms. The molecule has 0 saturated heterocycles. The number of hydrogen-bond donors (Lipinski definition) is 0. The average molecular weight is 693 g/mol. The Kier molecular flexibility index (Phi) is 5.99. The minimum atomic E-state index is 0.951. The van der Waals surface area contributed by atoms with Crippen LogP contribution < -0.4 is 19.6 Å². The Morgan fingerprint density at radius 1 is 0.315 bits per heavy atom. The van der Waals surface area contributed by atoms with E-state index in [1.807, 2.05) is 0 Å². The summed E-state index contributed by atoms with van der Waals surface area (Å²) < 4.78 is 0. The van der Waals surface area contributed by atoms with Crippen molar-refractivity contribution >= 4 is 67.6 Å². The molecule has 8 aromatic rings. The molecule has 0 saturated carbocycles. The van der Waals surface area contributed by atoms with Crippen molar-refractivity contribution < 1.29 is 0 Å². The zero-order valence-electron chi connectivity index (χ0n) is 30.2. The molecule has 0 bridgehead atoms. The van der Waals surface area contributed by atoms with Gasteiger partial charge in [0.2, 0.25) is 0 Å². The Morgan fingerprint density at radius 3 is 1.02 bits per heavy atom. The van der Waals surface area contributed by atoms with E-state index >= 15 is 0 Å². The van der Waals surface area contributed by atoms with Crippen molar-refractivity contribution in [1.29, 1.82) is 0 Å². The van der Waals surface area contributed by atoms with Gasteiger partial charge in [0.15, 0.2) is 0 Å². The fourth-order valence-corrected chi connectivity index (χ4v) is 9.80. The maximum absolute atomic E-state index is 2.44. The van der Waals surface area contributed by atoms with Gasteiger partial charge in [0.1, 0.15) is 0 Å². The van der Waals surface area contributed by atoms with E-state index in [-0.39, 0.29) is 0 Å². The van der Waals surface area contributed by atoms with Crippen LogP contribution in [-0.4, -0.2) is 14.1 Å². The molecule has 0 amide bonds. The van der Waals surface area contributed by atoms with Crippen LogP contribution >= 0.6 is 0 Å². The first-order valence-corrected chi connectivity index (χ1v) is 18.9. The van der Waals surface area contributed by atoms with E-state index in [1.165, 1.54) is 112 Å². The molecule has 0 fully saturated rings. The highest BCUT2D eigenvalue weighted by Gasteiger charge is 2.32. The minimum absolute atomic E-state index is 0.951. The van der Waals surface area contributed by atoms with Gasteiger partial charge in [-0.25, -0.2) is 0 Å². The van der Waals surface area contributed by atoms with E-state index in [9.17, 15) is 0 Å². The van der Waals surface area contributed by atoms with Crippen molar-refractivity contribution in [3.05, 3.63) is 180 Å². The molecule has 0 radical (unpaired) electrons. The molecular weight excluding hydrogens is 657 g/mol. The molecule has 4 aliphatic rings. The molecule has 12 rings (SSSR count). The van der Waals surface area contributed by atoms with Gasteiger partial charge in [-0.05, 0) is 94.0 Å². The van der Waals surface area contributed by atoms with Gasteiger partial charge in [-0.2, -0.15) is 0 Å². The number of benzene rings is 8. The van der Waals surface area contributed by atoms with Crippen LogP contribution in [-0.2, 0) is 12.8 Å². The lowest BCUT2D eigenvalue weighted by Crippen LogP contribution is -2.21.